The topological polar surface area (TPSA) is 159 Å². The van der Waals surface area contributed by atoms with Crippen LogP contribution < -0.4 is 0 Å². The van der Waals surface area contributed by atoms with Gasteiger partial charge < -0.3 is 37.9 Å². The van der Waals surface area contributed by atoms with Crippen LogP contribution in [-0.4, -0.2) is 80.6 Å². The van der Waals surface area contributed by atoms with Crippen LogP contribution in [0.2, 0.25) is 0 Å². The number of methoxy groups -OCH3 is 1. The lowest BCUT2D eigenvalue weighted by molar-refractivity contribution is -0.344. The first kappa shape index (κ1) is 29.4. The molecule has 3 rings (SSSR count). The van der Waals surface area contributed by atoms with Gasteiger partial charge in [0.05, 0.1) is 18.9 Å². The zero-order chi connectivity index (χ0) is 28.1. The van der Waals surface area contributed by atoms with Crippen molar-refractivity contribution in [3.05, 3.63) is 11.8 Å². The van der Waals surface area contributed by atoms with E-state index in [0.717, 1.165) is 27.2 Å². The van der Waals surface area contributed by atoms with Crippen LogP contribution in [0.25, 0.3) is 0 Å². The molecule has 0 aromatic carbocycles. The maximum Gasteiger partial charge on any atom is 0.337 e. The molecule has 212 valence electrons. The van der Waals surface area contributed by atoms with Crippen LogP contribution >= 0.6 is 0 Å². The Morgan fingerprint density at radius 1 is 0.842 bits per heavy atom. The molecule has 3 aliphatic rings. The number of rotatable bonds is 8. The molecular formula is C25H34O13. The Hall–Kier alpha value is -3.19. The van der Waals surface area contributed by atoms with Gasteiger partial charge in [-0.15, -0.1) is 0 Å². The number of fused-ring (bicyclic) bond motifs is 1. The van der Waals surface area contributed by atoms with Gasteiger partial charge in [-0.1, -0.05) is 6.92 Å². The summed E-state index contributed by atoms with van der Waals surface area (Å²) in [4.78, 5) is 59.8. The molecule has 0 aromatic rings. The van der Waals surface area contributed by atoms with Gasteiger partial charge in [-0.05, 0) is 18.8 Å². The minimum absolute atomic E-state index is 0.0871. The summed E-state index contributed by atoms with van der Waals surface area (Å²) in [6.45, 7) is 6.22. The SMILES string of the molecule is COC(=O)C1=CO[C@@H](O[C@@H]2O[C@H](COC(C)=O)[C@@H](OC(C)=O)[C@H](OC(C)=O)[C@H]2OC(C)=O)[C@H]2[C@@H]1CC[C@@H]2C. The molecule has 1 saturated heterocycles. The monoisotopic (exact) mass is 542 g/mol. The third kappa shape index (κ3) is 6.81. The highest BCUT2D eigenvalue weighted by atomic mass is 16.8. The number of hydrogen-bond acceptors (Lipinski definition) is 13. The number of ether oxygens (including phenoxy) is 8. The summed E-state index contributed by atoms with van der Waals surface area (Å²) in [5.74, 6) is -3.75. The summed E-state index contributed by atoms with van der Waals surface area (Å²) in [6.07, 6.45) is -4.71. The normalized spacial score (nSPS) is 34.1. The minimum Gasteiger partial charge on any atom is -0.472 e. The number of hydrogen-bond donors (Lipinski definition) is 0. The molecule has 0 N–H and O–H groups in total. The maximum atomic E-state index is 12.3. The number of carbonyl (C=O) groups is 5. The van der Waals surface area contributed by atoms with Gasteiger partial charge in [-0.25, -0.2) is 4.79 Å². The van der Waals surface area contributed by atoms with Crippen LogP contribution in [0.5, 0.6) is 0 Å². The van der Waals surface area contributed by atoms with Gasteiger partial charge in [-0.3, -0.25) is 19.2 Å². The molecule has 2 fully saturated rings. The standard InChI is InChI=1S/C25H34O13/c1-11-7-8-16-17(23(30)31-6)9-33-24(19(11)16)38-25-22(36-15(5)29)21(35-14(4)28)20(34-13(3)27)18(37-25)10-32-12(2)26/h9,11,16,18-22,24-25H,7-8,10H2,1-6H3/t11-,16+,18+,19+,20+,21-,22+,24-,25-/m0/s1. The molecule has 1 aliphatic carbocycles. The molecule has 0 spiro atoms. The highest BCUT2D eigenvalue weighted by Gasteiger charge is 2.55. The Morgan fingerprint density at radius 3 is 2.03 bits per heavy atom. The maximum absolute atomic E-state index is 12.3. The molecule has 0 amide bonds. The quantitative estimate of drug-likeness (QED) is 0.318. The van der Waals surface area contributed by atoms with Gasteiger partial charge in [0.15, 0.2) is 18.3 Å². The van der Waals surface area contributed by atoms with Crippen LogP contribution in [0.3, 0.4) is 0 Å². The van der Waals surface area contributed by atoms with Crippen molar-refractivity contribution in [1.82, 2.24) is 0 Å². The van der Waals surface area contributed by atoms with Crippen molar-refractivity contribution in [1.29, 1.82) is 0 Å². The van der Waals surface area contributed by atoms with Gasteiger partial charge >= 0.3 is 29.8 Å². The van der Waals surface area contributed by atoms with Gasteiger partial charge in [-0.2, -0.15) is 0 Å². The van der Waals surface area contributed by atoms with E-state index < -0.39 is 66.8 Å². The zero-order valence-electron chi connectivity index (χ0n) is 22.2. The molecule has 0 bridgehead atoms. The van der Waals surface area contributed by atoms with Crippen LogP contribution in [-0.2, 0) is 61.9 Å². The Morgan fingerprint density at radius 2 is 1.45 bits per heavy atom. The van der Waals surface area contributed by atoms with Crippen molar-refractivity contribution < 1.29 is 61.9 Å². The molecule has 2 aliphatic heterocycles. The summed E-state index contributed by atoms with van der Waals surface area (Å²) in [7, 11) is 1.29. The summed E-state index contributed by atoms with van der Waals surface area (Å²) in [6, 6.07) is 0. The van der Waals surface area contributed by atoms with Gasteiger partial charge in [0.25, 0.3) is 0 Å². The third-order valence-corrected chi connectivity index (χ3v) is 6.74. The fourth-order valence-electron chi connectivity index (χ4n) is 5.23. The predicted molar refractivity (Wildman–Crippen MR) is 123 cm³/mol. The first-order valence-electron chi connectivity index (χ1n) is 12.3. The Balaban J connectivity index is 1.97. The average Bonchev–Trinajstić information content (AvgIpc) is 3.22. The molecule has 0 unspecified atom stereocenters. The minimum atomic E-state index is -1.39. The molecule has 0 radical (unpaired) electrons. The van der Waals surface area contributed by atoms with E-state index in [1.165, 1.54) is 20.3 Å². The van der Waals surface area contributed by atoms with Crippen LogP contribution in [0.1, 0.15) is 47.5 Å². The Kier molecular flexibility index (Phi) is 9.71. The number of esters is 5. The molecule has 9 atom stereocenters. The second-order valence-corrected chi connectivity index (χ2v) is 9.51. The van der Waals surface area contributed by atoms with Crippen LogP contribution in [0, 0.1) is 17.8 Å². The van der Waals surface area contributed by atoms with E-state index in [4.69, 9.17) is 37.9 Å². The fourth-order valence-corrected chi connectivity index (χ4v) is 5.23. The summed E-state index contributed by atoms with van der Waals surface area (Å²) < 4.78 is 44.3. The lowest BCUT2D eigenvalue weighted by Crippen LogP contribution is -2.63. The molecule has 0 aromatic heterocycles. The zero-order valence-corrected chi connectivity index (χ0v) is 22.2. The van der Waals surface area contributed by atoms with Gasteiger partial charge in [0.2, 0.25) is 12.6 Å². The van der Waals surface area contributed by atoms with Crippen LogP contribution in [0.4, 0.5) is 0 Å². The van der Waals surface area contributed by atoms with E-state index in [2.05, 4.69) is 0 Å². The van der Waals surface area contributed by atoms with E-state index in [1.807, 2.05) is 6.92 Å². The first-order chi connectivity index (χ1) is 17.9. The lowest BCUT2D eigenvalue weighted by Gasteiger charge is -2.46. The smallest absolute Gasteiger partial charge is 0.337 e. The molecule has 2 heterocycles. The predicted octanol–water partition coefficient (Wildman–Crippen LogP) is 1.16. The number of carbonyl (C=O) groups excluding carboxylic acids is 5. The van der Waals surface area contributed by atoms with E-state index in [1.54, 1.807) is 0 Å². The Bertz CT molecular complexity index is 959. The van der Waals surface area contributed by atoms with Crippen molar-refractivity contribution in [2.45, 2.75) is 84.5 Å². The highest BCUT2D eigenvalue weighted by Crippen LogP contribution is 2.47. The summed E-state index contributed by atoms with van der Waals surface area (Å²) in [5, 5.41) is 0. The average molecular weight is 543 g/mol. The molecule has 1 saturated carbocycles. The van der Waals surface area contributed by atoms with Crippen molar-refractivity contribution >= 4 is 29.8 Å². The third-order valence-electron chi connectivity index (χ3n) is 6.74. The fraction of sp³-hybridized carbons (Fsp3) is 0.720. The van der Waals surface area contributed by atoms with Crippen LogP contribution in [0.15, 0.2) is 11.8 Å². The molecule has 13 nitrogen and oxygen atoms in total. The lowest BCUT2D eigenvalue weighted by atomic mass is 9.83. The van der Waals surface area contributed by atoms with Gasteiger partial charge in [0.1, 0.15) is 12.7 Å². The van der Waals surface area contributed by atoms with Gasteiger partial charge in [0, 0.05) is 39.5 Å². The van der Waals surface area contributed by atoms with E-state index >= 15 is 0 Å². The van der Waals surface area contributed by atoms with Crippen molar-refractivity contribution in [3.63, 3.8) is 0 Å². The van der Waals surface area contributed by atoms with E-state index in [-0.39, 0.29) is 24.4 Å². The summed E-state index contributed by atoms with van der Waals surface area (Å²) >= 11 is 0. The molecular weight excluding hydrogens is 508 g/mol. The van der Waals surface area contributed by atoms with E-state index in [0.29, 0.717) is 12.0 Å². The Labute approximate surface area is 220 Å². The second-order valence-electron chi connectivity index (χ2n) is 9.51. The largest absolute Gasteiger partial charge is 0.472 e. The summed E-state index contributed by atoms with van der Waals surface area (Å²) in [5.41, 5.74) is 0.392. The van der Waals surface area contributed by atoms with Crippen molar-refractivity contribution in [2.75, 3.05) is 13.7 Å². The van der Waals surface area contributed by atoms with Crippen molar-refractivity contribution in [2.24, 2.45) is 17.8 Å². The van der Waals surface area contributed by atoms with Crippen molar-refractivity contribution in [3.8, 4) is 0 Å². The highest BCUT2D eigenvalue weighted by molar-refractivity contribution is 5.89. The second kappa shape index (κ2) is 12.6. The van der Waals surface area contributed by atoms with E-state index in [9.17, 15) is 24.0 Å². The molecule has 13 heteroatoms. The molecule has 38 heavy (non-hydrogen) atoms. The first-order valence-corrected chi connectivity index (χ1v) is 12.3.